The molecule has 9 heteroatoms. The van der Waals surface area contributed by atoms with Crippen molar-refractivity contribution in [3.63, 3.8) is 0 Å². The fraction of sp³-hybridized carbons (Fsp3) is 0.250. The number of amides is 3. The second kappa shape index (κ2) is 7.27. The largest absolute Gasteiger partial charge is 0.481 e. The molecule has 0 radical (unpaired) electrons. The standard InChI is InChI=1S/C12H11F3N2O4/c13-7-4-6(5-8(14)11(7)15)16-12(21)17-9(18)2-1-3-10(19)20/h4-5H,1-3H2,(H,19,20)(H2,16,17,18,21). The third-order valence-electron chi connectivity index (χ3n) is 2.29. The van der Waals surface area contributed by atoms with Gasteiger partial charge in [0.2, 0.25) is 5.91 Å². The molecule has 0 unspecified atom stereocenters. The lowest BCUT2D eigenvalue weighted by Crippen LogP contribution is -2.34. The normalized spacial score (nSPS) is 10.0. The van der Waals surface area contributed by atoms with Crippen molar-refractivity contribution in [3.05, 3.63) is 29.6 Å². The second-order valence-electron chi connectivity index (χ2n) is 4.00. The quantitative estimate of drug-likeness (QED) is 0.725. The topological polar surface area (TPSA) is 95.5 Å². The van der Waals surface area contributed by atoms with Crippen molar-refractivity contribution in [1.82, 2.24) is 5.32 Å². The van der Waals surface area contributed by atoms with Gasteiger partial charge in [0.1, 0.15) is 0 Å². The van der Waals surface area contributed by atoms with Gasteiger partial charge >= 0.3 is 12.0 Å². The van der Waals surface area contributed by atoms with Crippen LogP contribution >= 0.6 is 0 Å². The number of hydrogen-bond acceptors (Lipinski definition) is 3. The molecule has 0 aliphatic rings. The van der Waals surface area contributed by atoms with Crippen LogP contribution in [0.3, 0.4) is 0 Å². The summed E-state index contributed by atoms with van der Waals surface area (Å²) in [6.07, 6.45) is -0.399. The number of carboxylic acids is 1. The van der Waals surface area contributed by atoms with Crippen molar-refractivity contribution in [2.24, 2.45) is 0 Å². The van der Waals surface area contributed by atoms with Gasteiger partial charge in [-0.25, -0.2) is 18.0 Å². The molecule has 0 fully saturated rings. The lowest BCUT2D eigenvalue weighted by atomic mass is 10.2. The molecule has 0 aromatic heterocycles. The van der Waals surface area contributed by atoms with Crippen LogP contribution in [0.25, 0.3) is 0 Å². The van der Waals surface area contributed by atoms with Crippen molar-refractivity contribution >= 4 is 23.6 Å². The average molecular weight is 304 g/mol. The molecular formula is C12H11F3N2O4. The molecule has 6 nitrogen and oxygen atoms in total. The Morgan fingerprint density at radius 1 is 1.05 bits per heavy atom. The van der Waals surface area contributed by atoms with Crippen LogP contribution in [0.1, 0.15) is 19.3 Å². The lowest BCUT2D eigenvalue weighted by Gasteiger charge is -2.07. The number of anilines is 1. The minimum Gasteiger partial charge on any atom is -0.481 e. The van der Waals surface area contributed by atoms with Gasteiger partial charge in [0.25, 0.3) is 0 Å². The molecule has 3 N–H and O–H groups in total. The van der Waals surface area contributed by atoms with Crippen LogP contribution in [0.4, 0.5) is 23.7 Å². The minimum atomic E-state index is -1.68. The summed E-state index contributed by atoms with van der Waals surface area (Å²) < 4.78 is 38.5. The Balaban J connectivity index is 2.50. The van der Waals surface area contributed by atoms with E-state index in [0.717, 1.165) is 0 Å². The third kappa shape index (κ3) is 5.51. The Kier molecular flexibility index (Phi) is 5.70. The highest BCUT2D eigenvalue weighted by Gasteiger charge is 2.13. The molecule has 0 saturated heterocycles. The highest BCUT2D eigenvalue weighted by Crippen LogP contribution is 2.17. The fourth-order valence-corrected chi connectivity index (χ4v) is 1.38. The van der Waals surface area contributed by atoms with Crippen LogP contribution in [-0.2, 0) is 9.59 Å². The van der Waals surface area contributed by atoms with Crippen LogP contribution in [0, 0.1) is 17.5 Å². The van der Waals surface area contributed by atoms with Crippen molar-refractivity contribution in [1.29, 1.82) is 0 Å². The summed E-state index contributed by atoms with van der Waals surface area (Å²) in [6.45, 7) is 0. The Morgan fingerprint density at radius 2 is 1.62 bits per heavy atom. The summed E-state index contributed by atoms with van der Waals surface area (Å²) in [5, 5.41) is 12.1. The molecule has 0 bridgehead atoms. The number of benzene rings is 1. The highest BCUT2D eigenvalue weighted by molar-refractivity contribution is 6.01. The Hall–Kier alpha value is -2.58. The van der Waals surface area contributed by atoms with Crippen LogP contribution in [0.15, 0.2) is 12.1 Å². The van der Waals surface area contributed by atoms with E-state index in [1.54, 1.807) is 0 Å². The van der Waals surface area contributed by atoms with Crippen molar-refractivity contribution < 1.29 is 32.7 Å². The smallest absolute Gasteiger partial charge is 0.325 e. The molecule has 1 aromatic carbocycles. The number of carboxylic acid groups (broad SMARTS) is 1. The molecule has 0 saturated carbocycles. The first-order valence-corrected chi connectivity index (χ1v) is 5.76. The van der Waals surface area contributed by atoms with Crippen LogP contribution in [0.5, 0.6) is 0 Å². The molecule has 3 amide bonds. The summed E-state index contributed by atoms with van der Waals surface area (Å²) in [5.74, 6) is -6.48. The Bertz CT molecular complexity index is 555. The predicted molar refractivity (Wildman–Crippen MR) is 65.0 cm³/mol. The average Bonchev–Trinajstić information content (AvgIpc) is 2.35. The predicted octanol–water partition coefficient (Wildman–Crippen LogP) is 2.01. The van der Waals surface area contributed by atoms with Gasteiger partial charge < -0.3 is 10.4 Å². The zero-order valence-electron chi connectivity index (χ0n) is 10.6. The Morgan fingerprint density at radius 3 is 2.14 bits per heavy atom. The van der Waals surface area contributed by atoms with Gasteiger partial charge in [0.15, 0.2) is 17.5 Å². The van der Waals surface area contributed by atoms with Crippen LogP contribution in [0.2, 0.25) is 0 Å². The number of halogens is 3. The van der Waals surface area contributed by atoms with Gasteiger partial charge in [-0.3, -0.25) is 14.9 Å². The minimum absolute atomic E-state index is 0.0360. The summed E-state index contributed by atoms with van der Waals surface area (Å²) in [5.41, 5.74) is -0.373. The maximum absolute atomic E-state index is 12.9. The van der Waals surface area contributed by atoms with E-state index in [-0.39, 0.29) is 24.9 Å². The molecule has 1 rings (SSSR count). The van der Waals surface area contributed by atoms with Gasteiger partial charge in [-0.1, -0.05) is 0 Å². The van der Waals surface area contributed by atoms with E-state index in [0.29, 0.717) is 12.1 Å². The first-order chi connectivity index (χ1) is 9.79. The maximum atomic E-state index is 12.9. The van der Waals surface area contributed by atoms with Gasteiger partial charge in [-0.2, -0.15) is 0 Å². The van der Waals surface area contributed by atoms with E-state index in [1.807, 2.05) is 10.6 Å². The molecule has 0 atom stereocenters. The van der Waals surface area contributed by atoms with Crippen LogP contribution in [-0.4, -0.2) is 23.0 Å². The van der Waals surface area contributed by atoms with Gasteiger partial charge in [0.05, 0.1) is 0 Å². The first-order valence-electron chi connectivity index (χ1n) is 5.76. The molecule has 0 heterocycles. The lowest BCUT2D eigenvalue weighted by molar-refractivity contribution is -0.137. The number of aliphatic carboxylic acids is 1. The van der Waals surface area contributed by atoms with Crippen molar-refractivity contribution in [2.75, 3.05) is 5.32 Å². The van der Waals surface area contributed by atoms with E-state index >= 15 is 0 Å². The number of urea groups is 1. The van der Waals surface area contributed by atoms with Crippen molar-refractivity contribution in [3.8, 4) is 0 Å². The van der Waals surface area contributed by atoms with Gasteiger partial charge in [0, 0.05) is 30.7 Å². The molecule has 0 aliphatic heterocycles. The number of nitrogens with one attached hydrogen (secondary N) is 2. The van der Waals surface area contributed by atoms with Gasteiger partial charge in [-0.05, 0) is 6.42 Å². The second-order valence-corrected chi connectivity index (χ2v) is 4.00. The number of imide groups is 1. The fourth-order valence-electron chi connectivity index (χ4n) is 1.38. The summed E-state index contributed by atoms with van der Waals surface area (Å²) >= 11 is 0. The number of rotatable bonds is 5. The molecular weight excluding hydrogens is 293 g/mol. The molecule has 0 spiro atoms. The third-order valence-corrected chi connectivity index (χ3v) is 2.29. The van der Waals surface area contributed by atoms with E-state index in [2.05, 4.69) is 0 Å². The first kappa shape index (κ1) is 16.5. The van der Waals surface area contributed by atoms with E-state index in [4.69, 9.17) is 5.11 Å². The monoisotopic (exact) mass is 304 g/mol. The number of carbonyl (C=O) groups excluding carboxylic acids is 2. The summed E-state index contributed by atoms with van der Waals surface area (Å²) in [7, 11) is 0. The molecule has 0 aliphatic carbocycles. The number of carbonyl (C=O) groups is 3. The van der Waals surface area contributed by atoms with Gasteiger partial charge in [-0.15, -0.1) is 0 Å². The summed E-state index contributed by atoms with van der Waals surface area (Å²) in [6, 6.07) is 0.0283. The molecule has 114 valence electrons. The van der Waals surface area contributed by atoms with E-state index in [1.165, 1.54) is 0 Å². The number of hydrogen-bond donors (Lipinski definition) is 3. The zero-order chi connectivity index (χ0) is 16.0. The van der Waals surface area contributed by atoms with E-state index < -0.39 is 35.4 Å². The Labute approximate surface area is 116 Å². The maximum Gasteiger partial charge on any atom is 0.325 e. The molecule has 21 heavy (non-hydrogen) atoms. The molecule has 1 aromatic rings. The van der Waals surface area contributed by atoms with E-state index in [9.17, 15) is 27.6 Å². The van der Waals surface area contributed by atoms with Crippen molar-refractivity contribution in [2.45, 2.75) is 19.3 Å². The zero-order valence-corrected chi connectivity index (χ0v) is 10.6. The highest BCUT2D eigenvalue weighted by atomic mass is 19.2. The SMILES string of the molecule is O=C(O)CCCC(=O)NC(=O)Nc1cc(F)c(F)c(F)c1. The van der Waals surface area contributed by atoms with Crippen LogP contribution < -0.4 is 10.6 Å². The summed E-state index contributed by atoms with van der Waals surface area (Å²) in [4.78, 5) is 32.8.